The van der Waals surface area contributed by atoms with E-state index in [9.17, 15) is 20.1 Å². The molecule has 0 aromatic rings. The van der Waals surface area contributed by atoms with Crippen LogP contribution in [0.3, 0.4) is 0 Å². The first-order chi connectivity index (χ1) is 11.2. The number of aliphatic hydroxyl groups excluding tert-OH is 3. The molecule has 1 saturated carbocycles. The predicted octanol–water partition coefficient (Wildman–Crippen LogP) is 2.38. The minimum Gasteiger partial charge on any atom is -0.392 e. The number of Topliss-reactive ketones (excluding diaryl/α,β-unsaturated/α-hetero) is 1. The highest BCUT2D eigenvalue weighted by molar-refractivity contribution is 6.03. The van der Waals surface area contributed by atoms with Gasteiger partial charge in [-0.15, -0.1) is 0 Å². The molecular formula is C20H30O4. The van der Waals surface area contributed by atoms with Crippen molar-refractivity contribution in [2.24, 2.45) is 22.7 Å². The normalized spacial score (nSPS) is 42.8. The third-order valence-electron chi connectivity index (χ3n) is 6.97. The molecule has 1 fully saturated rings. The van der Waals surface area contributed by atoms with Crippen LogP contribution in [0.1, 0.15) is 53.4 Å². The number of rotatable bonds is 2. The molecule has 4 heteroatoms. The maximum Gasteiger partial charge on any atom is 0.188 e. The summed E-state index contributed by atoms with van der Waals surface area (Å²) >= 11 is 0. The Morgan fingerprint density at radius 3 is 2.46 bits per heavy atom. The zero-order valence-corrected chi connectivity index (χ0v) is 15.2. The predicted molar refractivity (Wildman–Crippen MR) is 92.2 cm³/mol. The lowest BCUT2D eigenvalue weighted by Crippen LogP contribution is -2.35. The molecule has 3 aliphatic carbocycles. The lowest BCUT2D eigenvalue weighted by molar-refractivity contribution is -0.123. The SMILES string of the molecule is CC(C)C1C(O)C(=O)C2=CC3=C(CO)C(O)CCC3(C)CCC21C. The van der Waals surface area contributed by atoms with Crippen LogP contribution in [0.25, 0.3) is 0 Å². The van der Waals surface area contributed by atoms with Crippen molar-refractivity contribution in [2.45, 2.75) is 65.6 Å². The fourth-order valence-corrected chi connectivity index (χ4v) is 5.50. The lowest BCUT2D eigenvalue weighted by Gasteiger charge is -2.40. The Balaban J connectivity index is 2.20. The van der Waals surface area contributed by atoms with Gasteiger partial charge in [-0.05, 0) is 48.2 Å². The second-order valence-corrected chi connectivity index (χ2v) is 8.77. The van der Waals surface area contributed by atoms with E-state index in [2.05, 4.69) is 27.7 Å². The molecule has 0 aromatic heterocycles. The van der Waals surface area contributed by atoms with Crippen molar-refractivity contribution < 1.29 is 20.1 Å². The minimum absolute atomic E-state index is 0.0805. The summed E-state index contributed by atoms with van der Waals surface area (Å²) in [6, 6.07) is 0. The standard InChI is InChI=1S/C20H30O4/c1-11(2)16-18(24)17(23)14-9-13-12(10-21)15(22)5-6-19(13,3)7-8-20(14,16)4/h9,11,15-16,18,21-22,24H,5-8,10H2,1-4H3. The topological polar surface area (TPSA) is 77.8 Å². The molecule has 3 rings (SSSR count). The summed E-state index contributed by atoms with van der Waals surface area (Å²) in [6.45, 7) is 8.23. The minimum atomic E-state index is -0.947. The molecule has 0 bridgehead atoms. The first-order valence-corrected chi connectivity index (χ1v) is 9.12. The molecular weight excluding hydrogens is 304 g/mol. The Bertz CT molecular complexity index is 617. The number of carbonyl (C=O) groups excluding carboxylic acids is 1. The van der Waals surface area contributed by atoms with Gasteiger partial charge < -0.3 is 15.3 Å². The van der Waals surface area contributed by atoms with Crippen molar-refractivity contribution in [3.05, 3.63) is 22.8 Å². The highest BCUT2D eigenvalue weighted by Crippen LogP contribution is 2.58. The summed E-state index contributed by atoms with van der Waals surface area (Å²) in [6.07, 6.45) is 3.58. The van der Waals surface area contributed by atoms with Crippen molar-refractivity contribution in [1.29, 1.82) is 0 Å². The number of ketones is 1. The summed E-state index contributed by atoms with van der Waals surface area (Å²) in [5, 5.41) is 30.6. The van der Waals surface area contributed by atoms with E-state index in [4.69, 9.17) is 0 Å². The van der Waals surface area contributed by atoms with E-state index in [-0.39, 0.29) is 35.1 Å². The number of carbonyl (C=O) groups is 1. The van der Waals surface area contributed by atoms with Gasteiger partial charge in [-0.25, -0.2) is 0 Å². The molecule has 0 aliphatic heterocycles. The molecule has 0 radical (unpaired) electrons. The van der Waals surface area contributed by atoms with Crippen molar-refractivity contribution in [2.75, 3.05) is 6.61 Å². The number of hydrogen-bond acceptors (Lipinski definition) is 4. The Hall–Kier alpha value is -0.970. The van der Waals surface area contributed by atoms with E-state index in [1.54, 1.807) is 0 Å². The first-order valence-electron chi connectivity index (χ1n) is 9.12. The van der Waals surface area contributed by atoms with E-state index in [0.29, 0.717) is 17.6 Å². The Morgan fingerprint density at radius 1 is 1.21 bits per heavy atom. The highest BCUT2D eigenvalue weighted by atomic mass is 16.3. The van der Waals surface area contributed by atoms with Crippen LogP contribution in [-0.4, -0.2) is 39.9 Å². The molecule has 134 valence electrons. The number of hydrogen-bond donors (Lipinski definition) is 3. The average Bonchev–Trinajstić information content (AvgIpc) is 2.62. The van der Waals surface area contributed by atoms with Gasteiger partial charge >= 0.3 is 0 Å². The van der Waals surface area contributed by atoms with Gasteiger partial charge in [0.15, 0.2) is 5.78 Å². The van der Waals surface area contributed by atoms with Crippen molar-refractivity contribution >= 4 is 5.78 Å². The van der Waals surface area contributed by atoms with Crippen molar-refractivity contribution in [3.63, 3.8) is 0 Å². The fraction of sp³-hybridized carbons (Fsp3) is 0.750. The smallest absolute Gasteiger partial charge is 0.188 e. The summed E-state index contributed by atoms with van der Waals surface area (Å²) in [4.78, 5) is 12.8. The van der Waals surface area contributed by atoms with Crippen molar-refractivity contribution in [3.8, 4) is 0 Å². The molecule has 4 nitrogen and oxygen atoms in total. The largest absolute Gasteiger partial charge is 0.392 e. The van der Waals surface area contributed by atoms with Gasteiger partial charge in [0.25, 0.3) is 0 Å². The molecule has 3 N–H and O–H groups in total. The van der Waals surface area contributed by atoms with Gasteiger partial charge in [0, 0.05) is 16.9 Å². The Labute approximate surface area is 144 Å². The van der Waals surface area contributed by atoms with Gasteiger partial charge in [0.1, 0.15) is 6.10 Å². The molecule has 5 unspecified atom stereocenters. The summed E-state index contributed by atoms with van der Waals surface area (Å²) in [5.41, 5.74) is 1.80. The van der Waals surface area contributed by atoms with E-state index in [0.717, 1.165) is 24.8 Å². The van der Waals surface area contributed by atoms with E-state index >= 15 is 0 Å². The van der Waals surface area contributed by atoms with Gasteiger partial charge in [0.2, 0.25) is 0 Å². The van der Waals surface area contributed by atoms with Crippen LogP contribution in [0.15, 0.2) is 22.8 Å². The van der Waals surface area contributed by atoms with Crippen LogP contribution in [-0.2, 0) is 4.79 Å². The van der Waals surface area contributed by atoms with Crippen LogP contribution in [0.4, 0.5) is 0 Å². The average molecular weight is 334 g/mol. The quantitative estimate of drug-likeness (QED) is 0.724. The summed E-state index contributed by atoms with van der Waals surface area (Å²) in [5.74, 6) is -0.0435. The van der Waals surface area contributed by atoms with Crippen LogP contribution >= 0.6 is 0 Å². The maximum absolute atomic E-state index is 12.8. The van der Waals surface area contributed by atoms with Gasteiger partial charge in [-0.1, -0.05) is 33.8 Å². The molecule has 0 spiro atoms. The van der Waals surface area contributed by atoms with Crippen LogP contribution in [0.2, 0.25) is 0 Å². The van der Waals surface area contributed by atoms with E-state index < -0.39 is 12.2 Å². The van der Waals surface area contributed by atoms with Gasteiger partial charge in [0.05, 0.1) is 12.7 Å². The molecule has 0 amide bonds. The molecule has 0 heterocycles. The van der Waals surface area contributed by atoms with Crippen LogP contribution in [0.5, 0.6) is 0 Å². The van der Waals surface area contributed by atoms with Gasteiger partial charge in [-0.2, -0.15) is 0 Å². The number of aliphatic hydroxyl groups is 3. The first kappa shape index (κ1) is 17.8. The molecule has 0 saturated heterocycles. The molecule has 3 aliphatic rings. The number of allylic oxidation sites excluding steroid dienone is 2. The molecule has 0 aromatic carbocycles. The molecule has 5 atom stereocenters. The third kappa shape index (κ3) is 2.34. The monoisotopic (exact) mass is 334 g/mol. The Kier molecular flexibility index (Phi) is 4.30. The molecule has 24 heavy (non-hydrogen) atoms. The summed E-state index contributed by atoms with van der Waals surface area (Å²) < 4.78 is 0. The zero-order valence-electron chi connectivity index (χ0n) is 15.2. The van der Waals surface area contributed by atoms with Crippen LogP contribution < -0.4 is 0 Å². The van der Waals surface area contributed by atoms with E-state index in [1.165, 1.54) is 0 Å². The second kappa shape index (κ2) is 5.79. The maximum atomic E-state index is 12.8. The van der Waals surface area contributed by atoms with Gasteiger partial charge in [-0.3, -0.25) is 4.79 Å². The highest BCUT2D eigenvalue weighted by Gasteiger charge is 2.56. The summed E-state index contributed by atoms with van der Waals surface area (Å²) in [7, 11) is 0. The van der Waals surface area contributed by atoms with Crippen LogP contribution in [0, 0.1) is 22.7 Å². The second-order valence-electron chi connectivity index (χ2n) is 8.77. The lowest BCUT2D eigenvalue weighted by atomic mass is 9.65. The zero-order chi connectivity index (χ0) is 17.9. The fourth-order valence-electron chi connectivity index (χ4n) is 5.50. The third-order valence-corrected chi connectivity index (χ3v) is 6.97. The van der Waals surface area contributed by atoms with E-state index in [1.807, 2.05) is 6.08 Å². The van der Waals surface area contributed by atoms with Crippen molar-refractivity contribution in [1.82, 2.24) is 0 Å². The Morgan fingerprint density at radius 2 is 1.88 bits per heavy atom. The number of fused-ring (bicyclic) bond motifs is 2.